The SMILES string of the molecule is CC(C)(CO)S(=O)(=O)c1ccc(C(N)=O)c(N2CCC3(CC2)CC3)c1. The summed E-state index contributed by atoms with van der Waals surface area (Å²) in [5.41, 5.74) is 6.90. The van der Waals surface area contributed by atoms with E-state index in [0.29, 0.717) is 16.7 Å². The second kappa shape index (κ2) is 5.99. The average molecular weight is 366 g/mol. The zero-order chi connectivity index (χ0) is 18.5. The van der Waals surface area contributed by atoms with E-state index < -0.39 is 27.1 Å². The van der Waals surface area contributed by atoms with Crippen LogP contribution in [0.25, 0.3) is 0 Å². The van der Waals surface area contributed by atoms with Crippen LogP contribution in [0.1, 0.15) is 49.9 Å². The summed E-state index contributed by atoms with van der Waals surface area (Å²) < 4.78 is 24.3. The number of rotatable bonds is 5. The average Bonchev–Trinajstić information content (AvgIpc) is 3.33. The largest absolute Gasteiger partial charge is 0.395 e. The van der Waals surface area contributed by atoms with Crippen molar-refractivity contribution in [2.24, 2.45) is 11.1 Å². The summed E-state index contributed by atoms with van der Waals surface area (Å²) in [4.78, 5) is 14.0. The molecule has 1 aliphatic heterocycles. The molecule has 1 aromatic rings. The summed E-state index contributed by atoms with van der Waals surface area (Å²) in [5.74, 6) is -0.563. The lowest BCUT2D eigenvalue weighted by Gasteiger charge is -2.35. The molecule has 0 bridgehead atoms. The summed E-state index contributed by atoms with van der Waals surface area (Å²) in [5, 5.41) is 9.45. The van der Waals surface area contributed by atoms with Gasteiger partial charge in [0.25, 0.3) is 5.91 Å². The van der Waals surface area contributed by atoms with Crippen LogP contribution in [0.3, 0.4) is 0 Å². The zero-order valence-electron chi connectivity index (χ0n) is 14.8. The van der Waals surface area contributed by atoms with Gasteiger partial charge in [0.1, 0.15) is 0 Å². The molecule has 1 amide bonds. The lowest BCUT2D eigenvalue weighted by Crippen LogP contribution is -2.37. The van der Waals surface area contributed by atoms with E-state index in [9.17, 15) is 18.3 Å². The van der Waals surface area contributed by atoms with E-state index in [0.717, 1.165) is 25.9 Å². The minimum atomic E-state index is -3.73. The van der Waals surface area contributed by atoms with Crippen LogP contribution < -0.4 is 10.6 Å². The number of carbonyl (C=O) groups is 1. The van der Waals surface area contributed by atoms with E-state index in [2.05, 4.69) is 4.90 Å². The number of piperidine rings is 1. The molecule has 0 radical (unpaired) electrons. The van der Waals surface area contributed by atoms with Gasteiger partial charge in [0, 0.05) is 13.1 Å². The summed E-state index contributed by atoms with van der Waals surface area (Å²) in [6.45, 7) is 4.10. The predicted molar refractivity (Wildman–Crippen MR) is 96.4 cm³/mol. The Morgan fingerprint density at radius 1 is 1.24 bits per heavy atom. The molecule has 25 heavy (non-hydrogen) atoms. The van der Waals surface area contributed by atoms with E-state index in [1.807, 2.05) is 0 Å². The fourth-order valence-electron chi connectivity index (χ4n) is 3.45. The van der Waals surface area contributed by atoms with E-state index in [4.69, 9.17) is 5.73 Å². The van der Waals surface area contributed by atoms with Crippen molar-refractivity contribution in [3.63, 3.8) is 0 Å². The number of aliphatic hydroxyl groups is 1. The van der Waals surface area contributed by atoms with E-state index in [1.165, 1.54) is 44.9 Å². The predicted octanol–water partition coefficient (Wildman–Crippen LogP) is 1.71. The molecule has 3 rings (SSSR count). The third kappa shape index (κ3) is 3.15. The summed E-state index contributed by atoms with van der Waals surface area (Å²) in [6, 6.07) is 4.43. The summed E-state index contributed by atoms with van der Waals surface area (Å²) >= 11 is 0. The van der Waals surface area contributed by atoms with Crippen molar-refractivity contribution in [2.75, 3.05) is 24.6 Å². The van der Waals surface area contributed by atoms with Crippen LogP contribution in [0.4, 0.5) is 5.69 Å². The lowest BCUT2D eigenvalue weighted by molar-refractivity contribution is 0.100. The molecule has 1 saturated carbocycles. The number of nitrogens with zero attached hydrogens (tertiary/aromatic N) is 1. The normalized spacial score (nSPS) is 19.9. The summed E-state index contributed by atoms with van der Waals surface area (Å²) in [6.07, 6.45) is 4.65. The standard InChI is InChI=1S/C18H26N2O4S/c1-17(2,12-21)25(23,24)13-3-4-14(16(19)22)15(11-13)20-9-7-18(5-6-18)8-10-20/h3-4,11,21H,5-10,12H2,1-2H3,(H2,19,22). The Bertz CT molecular complexity index is 787. The molecule has 2 fully saturated rings. The monoisotopic (exact) mass is 366 g/mol. The van der Waals surface area contributed by atoms with Crippen molar-refractivity contribution in [1.29, 1.82) is 0 Å². The number of carbonyl (C=O) groups excluding carboxylic acids is 1. The molecule has 0 aromatic heterocycles. The van der Waals surface area contributed by atoms with Crippen molar-refractivity contribution < 1.29 is 18.3 Å². The van der Waals surface area contributed by atoms with Crippen LogP contribution in [0.15, 0.2) is 23.1 Å². The van der Waals surface area contributed by atoms with Gasteiger partial charge in [0.15, 0.2) is 9.84 Å². The van der Waals surface area contributed by atoms with Gasteiger partial charge in [0.05, 0.1) is 27.5 Å². The van der Waals surface area contributed by atoms with Gasteiger partial charge in [0.2, 0.25) is 0 Å². The Balaban J connectivity index is 1.99. The maximum atomic E-state index is 12.8. The number of hydrogen-bond donors (Lipinski definition) is 2. The van der Waals surface area contributed by atoms with Crippen LogP contribution in [0.5, 0.6) is 0 Å². The molecule has 1 spiro atoms. The minimum Gasteiger partial charge on any atom is -0.395 e. The second-order valence-corrected chi connectivity index (χ2v) is 10.5. The van der Waals surface area contributed by atoms with Crippen LogP contribution in [-0.2, 0) is 9.84 Å². The van der Waals surface area contributed by atoms with Gasteiger partial charge in [-0.3, -0.25) is 4.79 Å². The first-order valence-corrected chi connectivity index (χ1v) is 10.1. The van der Waals surface area contributed by atoms with Crippen LogP contribution >= 0.6 is 0 Å². The minimum absolute atomic E-state index is 0.109. The fourth-order valence-corrected chi connectivity index (χ4v) is 4.77. The van der Waals surface area contributed by atoms with Gasteiger partial charge in [-0.2, -0.15) is 0 Å². The fraction of sp³-hybridized carbons (Fsp3) is 0.611. The van der Waals surface area contributed by atoms with Crippen LogP contribution in [0.2, 0.25) is 0 Å². The maximum Gasteiger partial charge on any atom is 0.250 e. The molecule has 0 atom stereocenters. The molecule has 1 aromatic carbocycles. The third-order valence-electron chi connectivity index (χ3n) is 5.78. The quantitative estimate of drug-likeness (QED) is 0.826. The number of sulfone groups is 1. The molecular formula is C18H26N2O4S. The zero-order valence-corrected chi connectivity index (χ0v) is 15.6. The number of primary amides is 1. The van der Waals surface area contributed by atoms with Crippen molar-refractivity contribution in [3.05, 3.63) is 23.8 Å². The number of hydrogen-bond acceptors (Lipinski definition) is 5. The molecule has 1 saturated heterocycles. The van der Waals surface area contributed by atoms with Crippen molar-refractivity contribution in [3.8, 4) is 0 Å². The van der Waals surface area contributed by atoms with E-state index >= 15 is 0 Å². The Morgan fingerprint density at radius 2 is 1.84 bits per heavy atom. The highest BCUT2D eigenvalue weighted by molar-refractivity contribution is 7.92. The van der Waals surface area contributed by atoms with Gasteiger partial charge in [-0.25, -0.2) is 8.42 Å². The second-order valence-electron chi connectivity index (χ2n) is 7.95. The molecular weight excluding hydrogens is 340 g/mol. The van der Waals surface area contributed by atoms with Crippen LogP contribution in [-0.4, -0.2) is 43.9 Å². The number of aliphatic hydroxyl groups excluding tert-OH is 1. The maximum absolute atomic E-state index is 12.8. The molecule has 138 valence electrons. The first-order chi connectivity index (χ1) is 11.6. The lowest BCUT2D eigenvalue weighted by atomic mass is 9.93. The summed E-state index contributed by atoms with van der Waals surface area (Å²) in [7, 11) is -3.73. The van der Waals surface area contributed by atoms with E-state index in [-0.39, 0.29) is 4.90 Å². The molecule has 2 aliphatic rings. The number of amides is 1. The molecule has 6 nitrogen and oxygen atoms in total. The highest BCUT2D eigenvalue weighted by Gasteiger charge is 2.45. The van der Waals surface area contributed by atoms with Gasteiger partial charge in [-0.15, -0.1) is 0 Å². The molecule has 3 N–H and O–H groups in total. The van der Waals surface area contributed by atoms with Crippen molar-refractivity contribution in [1.82, 2.24) is 0 Å². The molecule has 1 heterocycles. The van der Waals surface area contributed by atoms with Crippen molar-refractivity contribution >= 4 is 21.4 Å². The Kier molecular flexibility index (Phi) is 4.36. The van der Waals surface area contributed by atoms with Gasteiger partial charge in [-0.05, 0) is 63.1 Å². The number of nitrogens with two attached hydrogens (primary N) is 1. The van der Waals surface area contributed by atoms with E-state index in [1.54, 1.807) is 0 Å². The Labute approximate surface area is 148 Å². The number of anilines is 1. The topological polar surface area (TPSA) is 101 Å². The molecule has 0 unspecified atom stereocenters. The number of benzene rings is 1. The van der Waals surface area contributed by atoms with Crippen LogP contribution in [0, 0.1) is 5.41 Å². The first-order valence-electron chi connectivity index (χ1n) is 8.66. The highest BCUT2D eigenvalue weighted by Crippen LogP contribution is 2.54. The third-order valence-corrected chi connectivity index (χ3v) is 8.23. The smallest absolute Gasteiger partial charge is 0.250 e. The molecule has 7 heteroatoms. The first kappa shape index (κ1) is 18.2. The van der Waals surface area contributed by atoms with Gasteiger partial charge >= 0.3 is 0 Å². The Morgan fingerprint density at radius 3 is 2.32 bits per heavy atom. The molecule has 1 aliphatic carbocycles. The van der Waals surface area contributed by atoms with Crippen molar-refractivity contribution in [2.45, 2.75) is 49.2 Å². The van der Waals surface area contributed by atoms with Gasteiger partial charge in [-0.1, -0.05) is 0 Å². The highest BCUT2D eigenvalue weighted by atomic mass is 32.2. The van der Waals surface area contributed by atoms with Gasteiger partial charge < -0.3 is 15.7 Å². The Hall–Kier alpha value is -1.60.